The second-order valence-electron chi connectivity index (χ2n) is 6.91. The molecule has 1 unspecified atom stereocenters. The number of methoxy groups -OCH3 is 1. The predicted molar refractivity (Wildman–Crippen MR) is 123 cm³/mol. The van der Waals surface area contributed by atoms with E-state index in [0.29, 0.717) is 11.4 Å². The van der Waals surface area contributed by atoms with Crippen molar-refractivity contribution in [2.45, 2.75) is 19.5 Å². The molecule has 1 atom stereocenters. The Kier molecular flexibility index (Phi) is 8.46. The summed E-state index contributed by atoms with van der Waals surface area (Å²) >= 11 is 3.37. The standard InChI is InChI=1S/C21H26BrN3O5S/c1-15(21(27)23-2)24(13-16-8-10-17(22)11-9-16)20(26)14-25(31(4,28)29)18-6-5-7-19(12-18)30-3/h5-12,15H,13-14H2,1-4H3,(H,23,27). The zero-order valence-corrected chi connectivity index (χ0v) is 20.2. The summed E-state index contributed by atoms with van der Waals surface area (Å²) in [5.41, 5.74) is 1.10. The maximum atomic E-state index is 13.3. The second-order valence-corrected chi connectivity index (χ2v) is 9.73. The first-order chi connectivity index (χ1) is 14.6. The number of sulfonamides is 1. The van der Waals surface area contributed by atoms with Gasteiger partial charge in [-0.15, -0.1) is 0 Å². The van der Waals surface area contributed by atoms with E-state index in [1.807, 2.05) is 24.3 Å². The number of carbonyl (C=O) groups excluding carboxylic acids is 2. The lowest BCUT2D eigenvalue weighted by Gasteiger charge is -2.31. The van der Waals surface area contributed by atoms with Gasteiger partial charge in [0.25, 0.3) is 0 Å². The van der Waals surface area contributed by atoms with Crippen LogP contribution in [0.1, 0.15) is 12.5 Å². The van der Waals surface area contributed by atoms with E-state index in [9.17, 15) is 18.0 Å². The van der Waals surface area contributed by atoms with E-state index in [2.05, 4.69) is 21.2 Å². The number of halogens is 1. The van der Waals surface area contributed by atoms with Gasteiger partial charge in [-0.3, -0.25) is 13.9 Å². The van der Waals surface area contributed by atoms with Gasteiger partial charge < -0.3 is 15.0 Å². The molecule has 0 aliphatic rings. The molecule has 1 N–H and O–H groups in total. The maximum absolute atomic E-state index is 13.3. The highest BCUT2D eigenvalue weighted by molar-refractivity contribution is 9.10. The Morgan fingerprint density at radius 1 is 1.16 bits per heavy atom. The number of nitrogens with one attached hydrogen (secondary N) is 1. The minimum absolute atomic E-state index is 0.149. The molecule has 0 radical (unpaired) electrons. The Hall–Kier alpha value is -2.59. The molecule has 0 bridgehead atoms. The Labute approximate surface area is 191 Å². The summed E-state index contributed by atoms with van der Waals surface area (Å²) in [6.07, 6.45) is 1.03. The predicted octanol–water partition coefficient (Wildman–Crippen LogP) is 2.39. The van der Waals surface area contributed by atoms with Crippen LogP contribution >= 0.6 is 15.9 Å². The van der Waals surface area contributed by atoms with Crippen LogP contribution in [0.25, 0.3) is 0 Å². The summed E-state index contributed by atoms with van der Waals surface area (Å²) in [7, 11) is -0.819. The molecular formula is C21H26BrN3O5S. The van der Waals surface area contributed by atoms with Gasteiger partial charge in [0.05, 0.1) is 19.1 Å². The van der Waals surface area contributed by atoms with Crippen molar-refractivity contribution in [1.29, 1.82) is 0 Å². The number of hydrogen-bond acceptors (Lipinski definition) is 5. The van der Waals surface area contributed by atoms with E-state index in [0.717, 1.165) is 20.6 Å². The minimum Gasteiger partial charge on any atom is -0.497 e. The SMILES string of the molecule is CNC(=O)C(C)N(Cc1ccc(Br)cc1)C(=O)CN(c1cccc(OC)c1)S(C)(=O)=O. The fraction of sp³-hybridized carbons (Fsp3) is 0.333. The van der Waals surface area contributed by atoms with Crippen LogP contribution in [0.4, 0.5) is 5.69 Å². The first-order valence-electron chi connectivity index (χ1n) is 9.44. The molecule has 31 heavy (non-hydrogen) atoms. The van der Waals surface area contributed by atoms with Gasteiger partial charge in [-0.05, 0) is 36.8 Å². The number of rotatable bonds is 9. The molecule has 168 valence electrons. The zero-order valence-electron chi connectivity index (χ0n) is 17.8. The van der Waals surface area contributed by atoms with E-state index in [1.54, 1.807) is 25.1 Å². The summed E-state index contributed by atoms with van der Waals surface area (Å²) in [6, 6.07) is 13.0. The van der Waals surface area contributed by atoms with Crippen LogP contribution < -0.4 is 14.4 Å². The van der Waals surface area contributed by atoms with E-state index in [4.69, 9.17) is 4.74 Å². The van der Waals surface area contributed by atoms with Gasteiger partial charge in [-0.2, -0.15) is 0 Å². The molecule has 2 rings (SSSR count). The number of ether oxygens (including phenoxy) is 1. The average Bonchev–Trinajstić information content (AvgIpc) is 2.75. The van der Waals surface area contributed by atoms with Crippen LogP contribution in [-0.4, -0.2) is 58.1 Å². The van der Waals surface area contributed by atoms with E-state index < -0.39 is 28.5 Å². The van der Waals surface area contributed by atoms with Crippen LogP contribution in [0.3, 0.4) is 0 Å². The lowest BCUT2D eigenvalue weighted by molar-refractivity contribution is -0.139. The summed E-state index contributed by atoms with van der Waals surface area (Å²) in [5, 5.41) is 2.54. The summed E-state index contributed by atoms with van der Waals surface area (Å²) in [5.74, 6) is -0.394. The van der Waals surface area contributed by atoms with E-state index in [-0.39, 0.29) is 12.5 Å². The average molecular weight is 512 g/mol. The molecule has 0 aliphatic carbocycles. The summed E-state index contributed by atoms with van der Waals surface area (Å²) in [4.78, 5) is 26.9. The van der Waals surface area contributed by atoms with Gasteiger partial charge in [0, 0.05) is 24.1 Å². The number of anilines is 1. The number of carbonyl (C=O) groups is 2. The Morgan fingerprint density at radius 3 is 2.35 bits per heavy atom. The van der Waals surface area contributed by atoms with Gasteiger partial charge in [-0.25, -0.2) is 8.42 Å². The third-order valence-electron chi connectivity index (χ3n) is 4.70. The van der Waals surface area contributed by atoms with Crippen LogP contribution in [0.2, 0.25) is 0 Å². The largest absolute Gasteiger partial charge is 0.497 e. The number of likely N-dealkylation sites (N-methyl/N-ethyl adjacent to an activating group) is 1. The quantitative estimate of drug-likeness (QED) is 0.557. The smallest absolute Gasteiger partial charge is 0.244 e. The first-order valence-corrected chi connectivity index (χ1v) is 12.1. The van der Waals surface area contributed by atoms with Gasteiger partial charge in [0.15, 0.2) is 0 Å². The van der Waals surface area contributed by atoms with Crippen LogP contribution in [0, 0.1) is 0 Å². The molecule has 2 aromatic carbocycles. The van der Waals surface area contributed by atoms with Crippen molar-refractivity contribution in [1.82, 2.24) is 10.2 Å². The van der Waals surface area contributed by atoms with Crippen molar-refractivity contribution in [2.75, 3.05) is 31.3 Å². The molecule has 0 saturated carbocycles. The lowest BCUT2D eigenvalue weighted by atomic mass is 10.1. The van der Waals surface area contributed by atoms with Crippen LogP contribution in [0.15, 0.2) is 53.0 Å². The monoisotopic (exact) mass is 511 g/mol. The third kappa shape index (κ3) is 6.70. The Balaban J connectivity index is 2.38. The topological polar surface area (TPSA) is 96.0 Å². The third-order valence-corrected chi connectivity index (χ3v) is 6.37. The summed E-state index contributed by atoms with van der Waals surface area (Å²) < 4.78 is 32.0. The first kappa shape index (κ1) is 24.7. The highest BCUT2D eigenvalue weighted by Gasteiger charge is 2.29. The number of benzene rings is 2. The normalized spacial score (nSPS) is 12.0. The van der Waals surface area contributed by atoms with Crippen LogP contribution in [-0.2, 0) is 26.2 Å². The zero-order chi connectivity index (χ0) is 23.2. The van der Waals surface area contributed by atoms with Gasteiger partial charge in [-0.1, -0.05) is 34.1 Å². The Morgan fingerprint density at radius 2 is 1.81 bits per heavy atom. The lowest BCUT2D eigenvalue weighted by Crippen LogP contribution is -2.50. The van der Waals surface area contributed by atoms with Crippen molar-refractivity contribution in [2.24, 2.45) is 0 Å². The molecule has 0 spiro atoms. The molecule has 0 heterocycles. The highest BCUT2D eigenvalue weighted by atomic mass is 79.9. The summed E-state index contributed by atoms with van der Waals surface area (Å²) in [6.45, 7) is 1.30. The minimum atomic E-state index is -3.78. The molecule has 10 heteroatoms. The van der Waals surface area contributed by atoms with Crippen LogP contribution in [0.5, 0.6) is 5.75 Å². The molecule has 0 aliphatic heterocycles. The van der Waals surface area contributed by atoms with Crippen molar-refractivity contribution in [3.8, 4) is 5.75 Å². The number of nitrogens with zero attached hydrogens (tertiary/aromatic N) is 2. The van der Waals surface area contributed by atoms with Crippen molar-refractivity contribution in [3.63, 3.8) is 0 Å². The molecule has 0 saturated heterocycles. The van der Waals surface area contributed by atoms with E-state index >= 15 is 0 Å². The van der Waals surface area contributed by atoms with Crippen molar-refractivity contribution >= 4 is 43.5 Å². The second kappa shape index (κ2) is 10.6. The molecular weight excluding hydrogens is 486 g/mol. The number of hydrogen-bond donors (Lipinski definition) is 1. The molecule has 0 fully saturated rings. The molecule has 0 aromatic heterocycles. The molecule has 2 aromatic rings. The van der Waals surface area contributed by atoms with E-state index in [1.165, 1.54) is 25.1 Å². The molecule has 8 nitrogen and oxygen atoms in total. The highest BCUT2D eigenvalue weighted by Crippen LogP contribution is 2.24. The van der Waals surface area contributed by atoms with Crippen molar-refractivity contribution in [3.05, 3.63) is 58.6 Å². The van der Waals surface area contributed by atoms with Crippen molar-refractivity contribution < 1.29 is 22.7 Å². The maximum Gasteiger partial charge on any atom is 0.244 e. The fourth-order valence-electron chi connectivity index (χ4n) is 2.96. The van der Waals surface area contributed by atoms with Gasteiger partial charge in [0.2, 0.25) is 21.8 Å². The van der Waals surface area contributed by atoms with Gasteiger partial charge in [0.1, 0.15) is 18.3 Å². The number of amides is 2. The Bertz CT molecular complexity index is 1030. The molecule has 2 amide bonds. The fourth-order valence-corrected chi connectivity index (χ4v) is 4.06. The van der Waals surface area contributed by atoms with Gasteiger partial charge >= 0.3 is 0 Å².